The summed E-state index contributed by atoms with van der Waals surface area (Å²) in [5.74, 6) is -1.53. The predicted octanol–water partition coefficient (Wildman–Crippen LogP) is 4.90. The molecule has 5 N–H and O–H groups in total. The van der Waals surface area contributed by atoms with Gasteiger partial charge in [0.2, 0.25) is 11.8 Å². The number of H-pyrrole nitrogens is 1. The second-order valence-corrected chi connectivity index (χ2v) is 14.4. The fourth-order valence-corrected chi connectivity index (χ4v) is 7.19. The standard InChI is InChI=1S/C38H50FN5O7/c1-38(2,3)51-37(49)43-32(23-39)25-9-11-26(12-10-25)35(47)44-18-15-29(24-7-5-4-6-8-24)33(44)34(46)41-28-13-14-30-27(21-28)22-31(42-30)36(48)50-20-17-40-16-19-45/h4-8,13-14,21-22,25-26,29,32-33,40,42,45H,9-12,15-20,23H2,1-3H3,(H,41,46)(H,43,49)/t25?,26?,29-,32-,33+/m1/s1. The first-order valence-corrected chi connectivity index (χ1v) is 17.8. The minimum atomic E-state index is -0.739. The summed E-state index contributed by atoms with van der Waals surface area (Å²) in [5.41, 5.74) is 1.79. The van der Waals surface area contributed by atoms with Gasteiger partial charge in [0.1, 0.15) is 30.6 Å². The molecule has 2 heterocycles. The number of aromatic nitrogens is 1. The molecule has 276 valence electrons. The third-order valence-electron chi connectivity index (χ3n) is 9.64. The molecule has 1 aliphatic heterocycles. The molecular formula is C38H50FN5O7. The molecule has 51 heavy (non-hydrogen) atoms. The Bertz CT molecular complexity index is 1650. The molecule has 0 radical (unpaired) electrons. The number of aliphatic hydroxyl groups excluding tert-OH is 1. The summed E-state index contributed by atoms with van der Waals surface area (Å²) in [5, 5.41) is 18.2. The molecule has 0 unspecified atom stereocenters. The van der Waals surface area contributed by atoms with Crippen molar-refractivity contribution in [2.75, 3.05) is 44.8 Å². The number of aromatic amines is 1. The normalized spacial score (nSPS) is 21.2. The van der Waals surface area contributed by atoms with Gasteiger partial charge < -0.3 is 40.4 Å². The first-order chi connectivity index (χ1) is 24.5. The summed E-state index contributed by atoms with van der Waals surface area (Å²) < 4.78 is 24.7. The second kappa shape index (κ2) is 17.1. The van der Waals surface area contributed by atoms with Gasteiger partial charge in [0.05, 0.1) is 12.6 Å². The van der Waals surface area contributed by atoms with Crippen LogP contribution in [-0.4, -0.2) is 96.1 Å². The molecule has 1 aromatic heterocycles. The number of hydrogen-bond donors (Lipinski definition) is 5. The van der Waals surface area contributed by atoms with Crippen molar-refractivity contribution in [3.05, 3.63) is 65.9 Å². The smallest absolute Gasteiger partial charge is 0.407 e. The number of amides is 3. The monoisotopic (exact) mass is 707 g/mol. The Labute approximate surface area is 297 Å². The van der Waals surface area contributed by atoms with E-state index in [1.54, 1.807) is 49.9 Å². The summed E-state index contributed by atoms with van der Waals surface area (Å²) in [6, 6.07) is 15.3. The van der Waals surface area contributed by atoms with Crippen LogP contribution < -0.4 is 16.0 Å². The fourth-order valence-electron chi connectivity index (χ4n) is 7.19. The topological polar surface area (TPSA) is 162 Å². The quantitative estimate of drug-likeness (QED) is 0.124. The van der Waals surface area contributed by atoms with E-state index in [1.807, 2.05) is 30.3 Å². The molecule has 3 atom stereocenters. The summed E-state index contributed by atoms with van der Waals surface area (Å²) in [7, 11) is 0. The highest BCUT2D eigenvalue weighted by atomic mass is 19.1. The number of benzene rings is 2. The van der Waals surface area contributed by atoms with Gasteiger partial charge in [-0.1, -0.05) is 30.3 Å². The number of alkyl carbamates (subject to hydrolysis) is 1. The molecule has 12 nitrogen and oxygen atoms in total. The first kappa shape index (κ1) is 37.8. The van der Waals surface area contributed by atoms with Crippen molar-refractivity contribution in [3.63, 3.8) is 0 Å². The van der Waals surface area contributed by atoms with Gasteiger partial charge in [-0.15, -0.1) is 0 Å². The zero-order valence-corrected chi connectivity index (χ0v) is 29.6. The van der Waals surface area contributed by atoms with E-state index >= 15 is 0 Å². The van der Waals surface area contributed by atoms with Crippen molar-refractivity contribution in [2.45, 2.75) is 76.5 Å². The van der Waals surface area contributed by atoms with E-state index in [1.165, 1.54) is 0 Å². The summed E-state index contributed by atoms with van der Waals surface area (Å²) in [6.07, 6.45) is 2.18. The van der Waals surface area contributed by atoms with Crippen LogP contribution in [0.2, 0.25) is 0 Å². The predicted molar refractivity (Wildman–Crippen MR) is 191 cm³/mol. The highest BCUT2D eigenvalue weighted by Crippen LogP contribution is 2.39. The van der Waals surface area contributed by atoms with E-state index in [4.69, 9.17) is 14.6 Å². The number of likely N-dealkylation sites (tertiary alicyclic amines) is 1. The maximum Gasteiger partial charge on any atom is 0.407 e. The molecule has 2 aliphatic rings. The van der Waals surface area contributed by atoms with Gasteiger partial charge in [0, 0.05) is 48.1 Å². The average Bonchev–Trinajstić information content (AvgIpc) is 3.75. The van der Waals surface area contributed by atoms with Crippen LogP contribution in [0.4, 0.5) is 14.9 Å². The van der Waals surface area contributed by atoms with Crippen LogP contribution in [0.3, 0.4) is 0 Å². The minimum Gasteiger partial charge on any atom is -0.460 e. The average molecular weight is 708 g/mol. The van der Waals surface area contributed by atoms with Crippen molar-refractivity contribution in [1.29, 1.82) is 0 Å². The Morgan fingerprint density at radius 3 is 2.43 bits per heavy atom. The molecule has 0 spiro atoms. The van der Waals surface area contributed by atoms with Crippen molar-refractivity contribution >= 4 is 40.5 Å². The third-order valence-corrected chi connectivity index (χ3v) is 9.64. The molecule has 3 amide bonds. The Morgan fingerprint density at radius 2 is 1.75 bits per heavy atom. The molecule has 1 saturated carbocycles. The number of nitrogens with zero attached hydrogens (tertiary/aromatic N) is 1. The lowest BCUT2D eigenvalue weighted by Gasteiger charge is -2.36. The Balaban J connectivity index is 1.25. The molecular weight excluding hydrogens is 657 g/mol. The number of fused-ring (bicyclic) bond motifs is 1. The lowest BCUT2D eigenvalue weighted by atomic mass is 9.78. The van der Waals surface area contributed by atoms with E-state index < -0.39 is 36.4 Å². The van der Waals surface area contributed by atoms with Crippen molar-refractivity contribution in [3.8, 4) is 0 Å². The largest absolute Gasteiger partial charge is 0.460 e. The van der Waals surface area contributed by atoms with Crippen LogP contribution in [0.25, 0.3) is 10.9 Å². The third kappa shape index (κ3) is 9.85. The van der Waals surface area contributed by atoms with Gasteiger partial charge in [-0.3, -0.25) is 9.59 Å². The number of aliphatic hydroxyl groups is 1. The van der Waals surface area contributed by atoms with Gasteiger partial charge >= 0.3 is 12.1 Å². The van der Waals surface area contributed by atoms with Crippen LogP contribution in [0.1, 0.15) is 74.8 Å². The van der Waals surface area contributed by atoms with Crippen LogP contribution in [0.5, 0.6) is 0 Å². The maximum absolute atomic E-state index is 14.1. The van der Waals surface area contributed by atoms with Crippen molar-refractivity contribution < 1.29 is 38.1 Å². The van der Waals surface area contributed by atoms with Crippen molar-refractivity contribution in [2.24, 2.45) is 11.8 Å². The Morgan fingerprint density at radius 1 is 1.00 bits per heavy atom. The number of anilines is 1. The molecule has 1 aliphatic carbocycles. The molecule has 1 saturated heterocycles. The highest BCUT2D eigenvalue weighted by Gasteiger charge is 2.45. The number of esters is 1. The summed E-state index contributed by atoms with van der Waals surface area (Å²) >= 11 is 0. The highest BCUT2D eigenvalue weighted by molar-refractivity contribution is 6.01. The van der Waals surface area contributed by atoms with E-state index in [9.17, 15) is 23.6 Å². The van der Waals surface area contributed by atoms with E-state index in [-0.39, 0.29) is 48.5 Å². The van der Waals surface area contributed by atoms with Gasteiger partial charge in [0.15, 0.2) is 0 Å². The molecule has 5 rings (SSSR count). The van der Waals surface area contributed by atoms with E-state index in [0.717, 1.165) is 5.56 Å². The van der Waals surface area contributed by atoms with Crippen LogP contribution in [0.15, 0.2) is 54.6 Å². The number of halogens is 1. The number of rotatable bonds is 13. The van der Waals surface area contributed by atoms with E-state index in [0.29, 0.717) is 68.3 Å². The lowest BCUT2D eigenvalue weighted by Crippen LogP contribution is -2.49. The number of hydrogen-bond acceptors (Lipinski definition) is 8. The van der Waals surface area contributed by atoms with Crippen molar-refractivity contribution in [1.82, 2.24) is 20.5 Å². The molecule has 2 aromatic carbocycles. The summed E-state index contributed by atoms with van der Waals surface area (Å²) in [4.78, 5) is 57.9. The van der Waals surface area contributed by atoms with Crippen LogP contribution >= 0.6 is 0 Å². The number of nitrogens with one attached hydrogen (secondary N) is 4. The Hall–Kier alpha value is -4.49. The van der Waals surface area contributed by atoms with E-state index in [2.05, 4.69) is 20.9 Å². The fraction of sp³-hybridized carbons (Fsp3) is 0.526. The van der Waals surface area contributed by atoms with Gasteiger partial charge in [-0.2, -0.15) is 0 Å². The molecule has 13 heteroatoms. The number of carbonyl (C=O) groups is 4. The number of alkyl halides is 1. The van der Waals surface area contributed by atoms with Gasteiger partial charge in [0.25, 0.3) is 0 Å². The zero-order chi connectivity index (χ0) is 36.5. The van der Waals surface area contributed by atoms with Crippen LogP contribution in [-0.2, 0) is 19.1 Å². The molecule has 2 fully saturated rings. The summed E-state index contributed by atoms with van der Waals surface area (Å²) in [6.45, 7) is 5.95. The van der Waals surface area contributed by atoms with Gasteiger partial charge in [-0.05, 0) is 88.6 Å². The second-order valence-electron chi connectivity index (χ2n) is 14.4. The molecule has 3 aromatic rings. The zero-order valence-electron chi connectivity index (χ0n) is 29.6. The maximum atomic E-state index is 14.1. The van der Waals surface area contributed by atoms with Crippen LogP contribution in [0, 0.1) is 11.8 Å². The number of carbonyl (C=O) groups excluding carboxylic acids is 4. The SMILES string of the molecule is CC(C)(C)OC(=O)N[C@H](CF)C1CCC(C(=O)N2CC[C@H](c3ccccc3)[C@H]2C(=O)Nc2ccc3[nH]c(C(=O)OCCNCCO)cc3c2)CC1. The lowest BCUT2D eigenvalue weighted by molar-refractivity contribution is -0.141. The Kier molecular flexibility index (Phi) is 12.7. The molecule has 0 bridgehead atoms. The number of ether oxygens (including phenoxy) is 2. The first-order valence-electron chi connectivity index (χ1n) is 17.8. The minimum absolute atomic E-state index is 0.00128. The van der Waals surface area contributed by atoms with Gasteiger partial charge in [-0.25, -0.2) is 14.0 Å².